The molecule has 3 aromatic rings. The highest BCUT2D eigenvalue weighted by atomic mass is 32.2. The Bertz CT molecular complexity index is 1070. The molecule has 0 heterocycles. The highest BCUT2D eigenvalue weighted by Crippen LogP contribution is 2.32. The zero-order valence-electron chi connectivity index (χ0n) is 14.7. The van der Waals surface area contributed by atoms with Crippen LogP contribution in [0.2, 0.25) is 0 Å². The van der Waals surface area contributed by atoms with Crippen molar-refractivity contribution in [1.29, 1.82) is 0 Å². The Morgan fingerprint density at radius 1 is 0.690 bits per heavy atom. The van der Waals surface area contributed by atoms with Crippen molar-refractivity contribution in [3.05, 3.63) is 77.6 Å². The third-order valence-electron chi connectivity index (χ3n) is 3.75. The second kappa shape index (κ2) is 8.52. The zero-order chi connectivity index (χ0) is 21.1. The largest absolute Gasteiger partial charge is 0.287 e. The van der Waals surface area contributed by atoms with E-state index in [9.17, 15) is 26.7 Å². The van der Waals surface area contributed by atoms with Crippen molar-refractivity contribution in [3.8, 4) is 11.1 Å². The highest BCUT2D eigenvalue weighted by Gasteiger charge is 2.26. The molecule has 0 saturated carbocycles. The van der Waals surface area contributed by atoms with Gasteiger partial charge in [-0.05, 0) is 42.0 Å². The minimum atomic E-state index is -2.21. The molecule has 3 nitrogen and oxygen atoms in total. The van der Waals surface area contributed by atoms with Gasteiger partial charge in [-0.3, -0.25) is 4.79 Å². The van der Waals surface area contributed by atoms with Gasteiger partial charge in [-0.25, -0.2) is 22.0 Å². The topological polar surface area (TPSA) is 41.8 Å². The first kappa shape index (κ1) is 20.7. The monoisotopic (exact) mass is 422 g/mol. The Kier molecular flexibility index (Phi) is 6.07. The van der Waals surface area contributed by atoms with Gasteiger partial charge >= 0.3 is 0 Å². The maximum atomic E-state index is 13.9. The highest BCUT2D eigenvalue weighted by molar-refractivity contribution is 8.13. The van der Waals surface area contributed by atoms with E-state index in [0.717, 1.165) is 16.7 Å². The van der Waals surface area contributed by atoms with E-state index >= 15 is 0 Å². The quantitative estimate of drug-likeness (QED) is 0.148. The van der Waals surface area contributed by atoms with Crippen LogP contribution in [0.4, 0.5) is 33.3 Å². The normalized spacial score (nSPS) is 11.2. The molecule has 0 unspecified atom stereocenters. The molecular weight excluding hydrogens is 411 g/mol. The van der Waals surface area contributed by atoms with Crippen LogP contribution in [0.5, 0.6) is 0 Å². The van der Waals surface area contributed by atoms with Crippen molar-refractivity contribution in [1.82, 2.24) is 0 Å². The molecule has 0 bridgehead atoms. The van der Waals surface area contributed by atoms with Crippen molar-refractivity contribution >= 4 is 28.3 Å². The molecule has 0 atom stereocenters. The standard InChI is InChI=1S/C20H11F5N2OS/c1-10(28)29-14-8-6-13(7-9-14)27-26-12-4-2-11(3-5-12)15-16(21)18(23)20(25)19(24)17(15)22/h2-9H,1H3. The average Bonchev–Trinajstić information content (AvgIpc) is 2.71. The molecule has 0 N–H and O–H groups in total. The Labute approximate surface area is 166 Å². The summed E-state index contributed by atoms with van der Waals surface area (Å²) < 4.78 is 67.6. The van der Waals surface area contributed by atoms with Gasteiger partial charge in [-0.15, -0.1) is 0 Å². The van der Waals surface area contributed by atoms with E-state index < -0.39 is 34.6 Å². The minimum absolute atomic E-state index is 0.0479. The molecule has 0 fully saturated rings. The predicted molar refractivity (Wildman–Crippen MR) is 98.8 cm³/mol. The van der Waals surface area contributed by atoms with Crippen LogP contribution in [-0.4, -0.2) is 5.12 Å². The van der Waals surface area contributed by atoms with Gasteiger partial charge in [0.2, 0.25) is 5.82 Å². The number of thioether (sulfide) groups is 1. The van der Waals surface area contributed by atoms with E-state index in [0.29, 0.717) is 11.4 Å². The van der Waals surface area contributed by atoms with Gasteiger partial charge in [0.25, 0.3) is 0 Å². The van der Waals surface area contributed by atoms with Crippen molar-refractivity contribution in [2.24, 2.45) is 10.2 Å². The lowest BCUT2D eigenvalue weighted by molar-refractivity contribution is -0.109. The summed E-state index contributed by atoms with van der Waals surface area (Å²) in [5, 5.41) is 7.89. The van der Waals surface area contributed by atoms with E-state index in [1.165, 1.54) is 31.2 Å². The minimum Gasteiger partial charge on any atom is -0.287 e. The Morgan fingerprint density at radius 3 is 1.55 bits per heavy atom. The van der Waals surface area contributed by atoms with Crippen molar-refractivity contribution in [3.63, 3.8) is 0 Å². The van der Waals surface area contributed by atoms with Crippen LogP contribution in [0, 0.1) is 29.1 Å². The van der Waals surface area contributed by atoms with Crippen LogP contribution < -0.4 is 0 Å². The fourth-order valence-corrected chi connectivity index (χ4v) is 3.02. The number of hydrogen-bond donors (Lipinski definition) is 0. The summed E-state index contributed by atoms with van der Waals surface area (Å²) in [6, 6.07) is 11.7. The van der Waals surface area contributed by atoms with Crippen LogP contribution in [0.1, 0.15) is 6.92 Å². The fraction of sp³-hybridized carbons (Fsp3) is 0.0500. The van der Waals surface area contributed by atoms with Crippen LogP contribution in [0.15, 0.2) is 63.7 Å². The Balaban J connectivity index is 1.83. The summed E-state index contributed by atoms with van der Waals surface area (Å²) in [5.41, 5.74) is -0.396. The molecule has 0 amide bonds. The van der Waals surface area contributed by atoms with Gasteiger partial charge in [0, 0.05) is 11.8 Å². The van der Waals surface area contributed by atoms with Crippen molar-refractivity contribution in [2.75, 3.05) is 0 Å². The summed E-state index contributed by atoms with van der Waals surface area (Å²) in [6.45, 7) is 1.45. The predicted octanol–water partition coefficient (Wildman–Crippen LogP) is 7.10. The smallest absolute Gasteiger partial charge is 0.200 e. The average molecular weight is 422 g/mol. The van der Waals surface area contributed by atoms with Gasteiger partial charge in [0.1, 0.15) is 0 Å². The molecule has 0 aliphatic rings. The summed E-state index contributed by atoms with van der Waals surface area (Å²) in [4.78, 5) is 11.8. The third-order valence-corrected chi connectivity index (χ3v) is 4.54. The number of rotatable bonds is 4. The molecule has 0 radical (unpaired) electrons. The van der Waals surface area contributed by atoms with Gasteiger partial charge in [-0.2, -0.15) is 10.2 Å². The summed E-state index contributed by atoms with van der Waals surface area (Å²) in [5.74, 6) is -10.0. The molecule has 0 aliphatic heterocycles. The van der Waals surface area contributed by atoms with Crippen LogP contribution >= 0.6 is 11.8 Å². The van der Waals surface area contributed by atoms with E-state index in [4.69, 9.17) is 0 Å². The molecule has 0 saturated heterocycles. The van der Waals surface area contributed by atoms with Crippen LogP contribution in [-0.2, 0) is 4.79 Å². The first-order chi connectivity index (χ1) is 13.8. The maximum absolute atomic E-state index is 13.9. The van der Waals surface area contributed by atoms with Gasteiger partial charge in [0.15, 0.2) is 28.4 Å². The van der Waals surface area contributed by atoms with Crippen LogP contribution in [0.25, 0.3) is 11.1 Å². The van der Waals surface area contributed by atoms with Gasteiger partial charge in [0.05, 0.1) is 16.9 Å². The number of nitrogens with zero attached hydrogens (tertiary/aromatic N) is 2. The lowest BCUT2D eigenvalue weighted by Crippen LogP contribution is -2.03. The lowest BCUT2D eigenvalue weighted by Gasteiger charge is -2.08. The van der Waals surface area contributed by atoms with Gasteiger partial charge in [-0.1, -0.05) is 23.9 Å². The third kappa shape index (κ3) is 4.51. The number of azo groups is 1. The number of benzene rings is 3. The zero-order valence-corrected chi connectivity index (χ0v) is 15.5. The summed E-state index contributed by atoms with van der Waals surface area (Å²) in [7, 11) is 0. The lowest BCUT2D eigenvalue weighted by atomic mass is 10.0. The maximum Gasteiger partial charge on any atom is 0.200 e. The molecule has 148 valence electrons. The SMILES string of the molecule is CC(=O)Sc1ccc(N=Nc2ccc(-c3c(F)c(F)c(F)c(F)c3F)cc2)cc1. The molecule has 3 rings (SSSR count). The fourth-order valence-electron chi connectivity index (χ4n) is 2.42. The Hall–Kier alpha value is -3.07. The first-order valence-corrected chi connectivity index (χ1v) is 8.91. The molecule has 0 aliphatic carbocycles. The molecule has 0 spiro atoms. The number of hydrogen-bond acceptors (Lipinski definition) is 4. The second-order valence-corrected chi connectivity index (χ2v) is 7.03. The van der Waals surface area contributed by atoms with E-state index in [1.54, 1.807) is 24.3 Å². The first-order valence-electron chi connectivity index (χ1n) is 8.10. The van der Waals surface area contributed by atoms with E-state index in [2.05, 4.69) is 10.2 Å². The number of halogens is 5. The summed E-state index contributed by atoms with van der Waals surface area (Å²) >= 11 is 1.08. The Morgan fingerprint density at radius 2 is 1.10 bits per heavy atom. The van der Waals surface area contributed by atoms with E-state index in [-0.39, 0.29) is 10.7 Å². The van der Waals surface area contributed by atoms with Gasteiger partial charge < -0.3 is 0 Å². The van der Waals surface area contributed by atoms with Crippen molar-refractivity contribution < 1.29 is 26.7 Å². The van der Waals surface area contributed by atoms with Crippen molar-refractivity contribution in [2.45, 2.75) is 11.8 Å². The molecule has 0 aromatic heterocycles. The number of carbonyl (C=O) groups is 1. The molecule has 9 heteroatoms. The molecule has 3 aromatic carbocycles. The summed E-state index contributed by atoms with van der Waals surface area (Å²) in [6.07, 6.45) is 0. The van der Waals surface area contributed by atoms with Crippen LogP contribution in [0.3, 0.4) is 0 Å². The second-order valence-electron chi connectivity index (χ2n) is 5.78. The van der Waals surface area contributed by atoms with E-state index in [1.807, 2.05) is 0 Å². The molecular formula is C20H11F5N2OS. The molecule has 29 heavy (non-hydrogen) atoms. The number of carbonyl (C=O) groups excluding carboxylic acids is 1.